The molecule has 1 aromatic rings. The van der Waals surface area contributed by atoms with E-state index in [0.717, 1.165) is 32.4 Å². The van der Waals surface area contributed by atoms with Gasteiger partial charge in [-0.05, 0) is 30.0 Å². The zero-order valence-electron chi connectivity index (χ0n) is 11.4. The lowest BCUT2D eigenvalue weighted by Crippen LogP contribution is -2.31. The summed E-state index contributed by atoms with van der Waals surface area (Å²) in [5.41, 5.74) is 0.459. The number of hydrogen-bond donors (Lipinski definition) is 1. The van der Waals surface area contributed by atoms with Crippen molar-refractivity contribution in [2.24, 2.45) is 11.8 Å². The standard InChI is InChI=1S/C14H18N2O3S/c1-20(18,19)13-4-2-3-10(5-13)14(17)16-8-11-6-15-7-12(11)9-16/h2-5,11-12,15H,6-9H2,1H3/t11-,12+. The number of carbonyl (C=O) groups excluding carboxylic acids is 1. The number of fused-ring (bicyclic) bond motifs is 1. The van der Waals surface area contributed by atoms with Gasteiger partial charge in [0.1, 0.15) is 0 Å². The van der Waals surface area contributed by atoms with Crippen LogP contribution in [0.15, 0.2) is 29.2 Å². The molecule has 2 aliphatic rings. The molecule has 2 aliphatic heterocycles. The summed E-state index contributed by atoms with van der Waals surface area (Å²) >= 11 is 0. The minimum atomic E-state index is -3.28. The van der Waals surface area contributed by atoms with Crippen LogP contribution < -0.4 is 5.32 Å². The molecule has 2 atom stereocenters. The maximum atomic E-state index is 12.5. The molecule has 0 bridgehead atoms. The molecule has 2 heterocycles. The van der Waals surface area contributed by atoms with Crippen molar-refractivity contribution in [3.8, 4) is 0 Å². The predicted molar refractivity (Wildman–Crippen MR) is 75.3 cm³/mol. The van der Waals surface area contributed by atoms with E-state index >= 15 is 0 Å². The highest BCUT2D eigenvalue weighted by Crippen LogP contribution is 2.27. The third kappa shape index (κ3) is 2.45. The average molecular weight is 294 g/mol. The Bertz CT molecular complexity index is 630. The Balaban J connectivity index is 1.81. The molecule has 0 spiro atoms. The molecule has 1 amide bonds. The van der Waals surface area contributed by atoms with Gasteiger partial charge in [-0.3, -0.25) is 4.79 Å². The van der Waals surface area contributed by atoms with E-state index in [1.165, 1.54) is 12.1 Å². The van der Waals surface area contributed by atoms with Gasteiger partial charge in [0.25, 0.3) is 5.91 Å². The van der Waals surface area contributed by atoms with Crippen molar-refractivity contribution in [2.75, 3.05) is 32.4 Å². The fourth-order valence-corrected chi connectivity index (χ4v) is 3.73. The Morgan fingerprint density at radius 1 is 1.25 bits per heavy atom. The van der Waals surface area contributed by atoms with Crippen LogP contribution in [0.2, 0.25) is 0 Å². The van der Waals surface area contributed by atoms with Crippen LogP contribution in [0, 0.1) is 11.8 Å². The number of hydrogen-bond acceptors (Lipinski definition) is 4. The third-order valence-electron chi connectivity index (χ3n) is 4.19. The summed E-state index contributed by atoms with van der Waals surface area (Å²) in [6.45, 7) is 3.47. The van der Waals surface area contributed by atoms with Gasteiger partial charge in [0.15, 0.2) is 9.84 Å². The summed E-state index contributed by atoms with van der Waals surface area (Å²) in [4.78, 5) is 14.5. The molecule has 1 aromatic carbocycles. The van der Waals surface area contributed by atoms with E-state index in [1.54, 1.807) is 12.1 Å². The summed E-state index contributed by atoms with van der Waals surface area (Å²) in [5, 5.41) is 3.34. The van der Waals surface area contributed by atoms with Crippen LogP contribution in [-0.4, -0.2) is 51.7 Å². The van der Waals surface area contributed by atoms with E-state index in [-0.39, 0.29) is 10.8 Å². The summed E-state index contributed by atoms with van der Waals surface area (Å²) in [7, 11) is -3.28. The summed E-state index contributed by atoms with van der Waals surface area (Å²) in [6.07, 6.45) is 1.16. The molecule has 0 aromatic heterocycles. The first-order valence-electron chi connectivity index (χ1n) is 6.75. The highest BCUT2D eigenvalue weighted by molar-refractivity contribution is 7.90. The van der Waals surface area contributed by atoms with Crippen molar-refractivity contribution in [1.82, 2.24) is 10.2 Å². The van der Waals surface area contributed by atoms with Gasteiger partial charge in [-0.15, -0.1) is 0 Å². The number of carbonyl (C=O) groups is 1. The number of likely N-dealkylation sites (tertiary alicyclic amines) is 1. The highest BCUT2D eigenvalue weighted by Gasteiger charge is 2.38. The van der Waals surface area contributed by atoms with Gasteiger partial charge < -0.3 is 10.2 Å². The Labute approximate surface area is 118 Å². The molecular formula is C14H18N2O3S. The Morgan fingerprint density at radius 2 is 1.90 bits per heavy atom. The van der Waals surface area contributed by atoms with Crippen LogP contribution in [-0.2, 0) is 9.84 Å². The van der Waals surface area contributed by atoms with Gasteiger partial charge in [0.05, 0.1) is 4.90 Å². The first-order chi connectivity index (χ1) is 9.45. The maximum Gasteiger partial charge on any atom is 0.253 e. The molecule has 0 saturated carbocycles. The summed E-state index contributed by atoms with van der Waals surface area (Å²) in [6, 6.07) is 6.31. The van der Waals surface area contributed by atoms with Crippen molar-refractivity contribution < 1.29 is 13.2 Å². The average Bonchev–Trinajstić information content (AvgIpc) is 2.97. The monoisotopic (exact) mass is 294 g/mol. The molecule has 5 nitrogen and oxygen atoms in total. The number of nitrogens with zero attached hydrogens (tertiary/aromatic N) is 1. The molecule has 20 heavy (non-hydrogen) atoms. The molecule has 0 aliphatic carbocycles. The number of rotatable bonds is 2. The van der Waals surface area contributed by atoms with Crippen LogP contribution in [0.5, 0.6) is 0 Å². The molecular weight excluding hydrogens is 276 g/mol. The minimum Gasteiger partial charge on any atom is -0.338 e. The smallest absolute Gasteiger partial charge is 0.253 e. The second kappa shape index (κ2) is 4.86. The van der Waals surface area contributed by atoms with Gasteiger partial charge in [-0.1, -0.05) is 6.07 Å². The van der Waals surface area contributed by atoms with Gasteiger partial charge in [-0.25, -0.2) is 8.42 Å². The molecule has 6 heteroatoms. The fraction of sp³-hybridized carbons (Fsp3) is 0.500. The number of amides is 1. The van der Waals surface area contributed by atoms with Crippen molar-refractivity contribution >= 4 is 15.7 Å². The molecule has 3 rings (SSSR count). The van der Waals surface area contributed by atoms with Crippen LogP contribution in [0.1, 0.15) is 10.4 Å². The Morgan fingerprint density at radius 3 is 2.50 bits per heavy atom. The largest absolute Gasteiger partial charge is 0.338 e. The minimum absolute atomic E-state index is 0.0649. The van der Waals surface area contributed by atoms with E-state index in [1.807, 2.05) is 4.90 Å². The van der Waals surface area contributed by atoms with Crippen molar-refractivity contribution in [3.05, 3.63) is 29.8 Å². The highest BCUT2D eigenvalue weighted by atomic mass is 32.2. The maximum absolute atomic E-state index is 12.5. The van der Waals surface area contributed by atoms with E-state index < -0.39 is 9.84 Å². The quantitative estimate of drug-likeness (QED) is 0.856. The zero-order valence-corrected chi connectivity index (χ0v) is 12.2. The lowest BCUT2D eigenvalue weighted by Gasteiger charge is -2.17. The zero-order chi connectivity index (χ0) is 14.3. The Hall–Kier alpha value is -1.40. The lowest BCUT2D eigenvalue weighted by atomic mass is 10.0. The van der Waals surface area contributed by atoms with Crippen LogP contribution in [0.25, 0.3) is 0 Å². The van der Waals surface area contributed by atoms with E-state index in [9.17, 15) is 13.2 Å². The van der Waals surface area contributed by atoms with Crippen LogP contribution >= 0.6 is 0 Å². The van der Waals surface area contributed by atoms with Gasteiger partial charge in [0.2, 0.25) is 0 Å². The second-order valence-corrected chi connectivity index (χ2v) is 7.70. The summed E-state index contributed by atoms with van der Waals surface area (Å²) in [5.74, 6) is 1.01. The van der Waals surface area contributed by atoms with Crippen LogP contribution in [0.4, 0.5) is 0 Å². The number of benzene rings is 1. The molecule has 0 unspecified atom stereocenters. The molecule has 0 radical (unpaired) electrons. The lowest BCUT2D eigenvalue weighted by molar-refractivity contribution is 0.0781. The van der Waals surface area contributed by atoms with E-state index in [0.29, 0.717) is 17.4 Å². The molecule has 2 fully saturated rings. The SMILES string of the molecule is CS(=O)(=O)c1cccc(C(=O)N2C[C@H]3CNC[C@H]3C2)c1. The summed E-state index contributed by atoms with van der Waals surface area (Å²) < 4.78 is 23.1. The normalized spacial score (nSPS) is 25.8. The number of sulfone groups is 1. The van der Waals surface area contributed by atoms with Gasteiger partial charge in [0, 0.05) is 38.0 Å². The fourth-order valence-electron chi connectivity index (χ4n) is 3.06. The van der Waals surface area contributed by atoms with E-state index in [2.05, 4.69) is 5.32 Å². The third-order valence-corrected chi connectivity index (χ3v) is 5.30. The van der Waals surface area contributed by atoms with Crippen molar-refractivity contribution in [1.29, 1.82) is 0 Å². The topological polar surface area (TPSA) is 66.5 Å². The Kier molecular flexibility index (Phi) is 3.30. The van der Waals surface area contributed by atoms with Crippen molar-refractivity contribution in [2.45, 2.75) is 4.90 Å². The predicted octanol–water partition coefficient (Wildman–Crippen LogP) is 0.382. The molecule has 2 saturated heterocycles. The molecule has 108 valence electrons. The molecule has 1 N–H and O–H groups in total. The second-order valence-electron chi connectivity index (χ2n) is 5.69. The van der Waals surface area contributed by atoms with E-state index in [4.69, 9.17) is 0 Å². The van der Waals surface area contributed by atoms with Gasteiger partial charge >= 0.3 is 0 Å². The first-order valence-corrected chi connectivity index (χ1v) is 8.64. The number of nitrogens with one attached hydrogen (secondary N) is 1. The van der Waals surface area contributed by atoms with Gasteiger partial charge in [-0.2, -0.15) is 0 Å². The van der Waals surface area contributed by atoms with Crippen LogP contribution in [0.3, 0.4) is 0 Å². The van der Waals surface area contributed by atoms with Crippen molar-refractivity contribution in [3.63, 3.8) is 0 Å². The first kappa shape index (κ1) is 13.6.